The van der Waals surface area contributed by atoms with E-state index in [4.69, 9.17) is 9.26 Å². The van der Waals surface area contributed by atoms with Gasteiger partial charge in [0.15, 0.2) is 0 Å². The number of halogens is 2. The number of benzene rings is 2. The molecule has 5 nitrogen and oxygen atoms in total. The highest BCUT2D eigenvalue weighted by Crippen LogP contribution is 2.23. The lowest BCUT2D eigenvalue weighted by atomic mass is 10.1. The van der Waals surface area contributed by atoms with Gasteiger partial charge >= 0.3 is 0 Å². The van der Waals surface area contributed by atoms with Crippen LogP contribution in [0, 0.1) is 25.5 Å². The summed E-state index contributed by atoms with van der Waals surface area (Å²) >= 11 is 0. The van der Waals surface area contributed by atoms with Crippen LogP contribution in [-0.4, -0.2) is 23.0 Å². The van der Waals surface area contributed by atoms with Crippen LogP contribution < -0.4 is 4.74 Å². The third kappa shape index (κ3) is 4.19. The third-order valence-electron chi connectivity index (χ3n) is 4.44. The number of carbonyl (C=O) groups excluding carboxylic acids is 1. The molecule has 0 aliphatic rings. The molecule has 0 bridgehead atoms. The lowest BCUT2D eigenvalue weighted by molar-refractivity contribution is 0.0779. The van der Waals surface area contributed by atoms with Gasteiger partial charge in [0.05, 0.1) is 16.8 Å². The molecule has 0 fully saturated rings. The molecule has 3 aromatic rings. The molecular formula is C21H20F2N2O3. The first-order chi connectivity index (χ1) is 13.4. The molecule has 0 unspecified atom stereocenters. The first-order valence-electron chi connectivity index (χ1n) is 8.69. The first-order valence-corrected chi connectivity index (χ1v) is 8.69. The zero-order chi connectivity index (χ0) is 20.3. The van der Waals surface area contributed by atoms with E-state index < -0.39 is 11.6 Å². The van der Waals surface area contributed by atoms with Crippen LogP contribution in [0.4, 0.5) is 8.78 Å². The Hall–Kier alpha value is -3.22. The van der Waals surface area contributed by atoms with E-state index in [0.717, 1.165) is 23.4 Å². The van der Waals surface area contributed by atoms with Crippen LogP contribution >= 0.6 is 0 Å². The van der Waals surface area contributed by atoms with Gasteiger partial charge in [0.2, 0.25) is 0 Å². The highest BCUT2D eigenvalue weighted by Gasteiger charge is 2.19. The second-order valence-corrected chi connectivity index (χ2v) is 6.48. The van der Waals surface area contributed by atoms with Crippen LogP contribution in [0.2, 0.25) is 0 Å². The number of aryl methyl sites for hydroxylation is 2. The number of carbonyl (C=O) groups is 1. The predicted molar refractivity (Wildman–Crippen MR) is 98.9 cm³/mol. The van der Waals surface area contributed by atoms with E-state index >= 15 is 0 Å². The first kappa shape index (κ1) is 19.5. The highest BCUT2D eigenvalue weighted by molar-refractivity contribution is 5.96. The number of hydrogen-bond donors (Lipinski definition) is 0. The largest absolute Gasteiger partial charge is 0.488 e. The van der Waals surface area contributed by atoms with Crippen molar-refractivity contribution in [2.75, 3.05) is 7.05 Å². The summed E-state index contributed by atoms with van der Waals surface area (Å²) in [5.74, 6) is -0.627. The van der Waals surface area contributed by atoms with Crippen molar-refractivity contribution in [2.45, 2.75) is 27.0 Å². The number of ether oxygens (including phenoxy) is 1. The van der Waals surface area contributed by atoms with Crippen molar-refractivity contribution in [3.63, 3.8) is 0 Å². The monoisotopic (exact) mass is 386 g/mol. The molecule has 1 heterocycles. The van der Waals surface area contributed by atoms with Gasteiger partial charge in [-0.2, -0.15) is 0 Å². The average molecular weight is 386 g/mol. The van der Waals surface area contributed by atoms with Crippen molar-refractivity contribution in [1.82, 2.24) is 10.1 Å². The van der Waals surface area contributed by atoms with Crippen molar-refractivity contribution in [3.05, 3.63) is 82.2 Å². The quantitative estimate of drug-likeness (QED) is 0.629. The molecule has 28 heavy (non-hydrogen) atoms. The van der Waals surface area contributed by atoms with E-state index in [1.807, 2.05) is 6.92 Å². The van der Waals surface area contributed by atoms with Crippen LogP contribution in [-0.2, 0) is 13.2 Å². The van der Waals surface area contributed by atoms with E-state index in [9.17, 15) is 13.6 Å². The molecule has 2 aromatic carbocycles. The summed E-state index contributed by atoms with van der Waals surface area (Å²) in [6.07, 6.45) is 0. The van der Waals surface area contributed by atoms with Gasteiger partial charge in [-0.25, -0.2) is 8.78 Å². The summed E-state index contributed by atoms with van der Waals surface area (Å²) in [5, 5.41) is 3.88. The van der Waals surface area contributed by atoms with Crippen molar-refractivity contribution in [2.24, 2.45) is 0 Å². The van der Waals surface area contributed by atoms with Crippen LogP contribution in [0.25, 0.3) is 0 Å². The lowest BCUT2D eigenvalue weighted by Gasteiger charge is -2.19. The predicted octanol–water partition coefficient (Wildman–Crippen LogP) is 4.42. The van der Waals surface area contributed by atoms with Crippen LogP contribution in [0.1, 0.15) is 32.9 Å². The molecule has 0 aliphatic carbocycles. The molecule has 0 saturated carbocycles. The molecule has 7 heteroatoms. The Balaban J connectivity index is 1.76. The summed E-state index contributed by atoms with van der Waals surface area (Å²) in [7, 11) is 1.55. The zero-order valence-corrected chi connectivity index (χ0v) is 15.8. The van der Waals surface area contributed by atoms with E-state index in [-0.39, 0.29) is 24.6 Å². The molecule has 3 rings (SSSR count). The maximum absolute atomic E-state index is 13.9. The lowest BCUT2D eigenvalue weighted by Crippen LogP contribution is -2.27. The Morgan fingerprint density at radius 1 is 1.18 bits per heavy atom. The summed E-state index contributed by atoms with van der Waals surface area (Å²) in [6.45, 7) is 3.82. The van der Waals surface area contributed by atoms with Gasteiger partial charge < -0.3 is 14.2 Å². The molecule has 0 saturated heterocycles. The number of para-hydroxylation sites is 1. The smallest absolute Gasteiger partial charge is 0.257 e. The minimum Gasteiger partial charge on any atom is -0.488 e. The van der Waals surface area contributed by atoms with E-state index in [1.165, 1.54) is 11.0 Å². The number of rotatable bonds is 6. The molecule has 1 amide bonds. The van der Waals surface area contributed by atoms with Gasteiger partial charge in [0, 0.05) is 25.2 Å². The molecule has 1 aromatic heterocycles. The minimum absolute atomic E-state index is 0.00312. The standard InChI is InChI=1S/C21H20F2N2O3/c1-13-18(14(2)28-24-13)12-27-20-7-5-4-6-17(20)21(26)25(3)11-15-8-9-16(22)10-19(15)23/h4-10H,11-12H2,1-3H3. The Morgan fingerprint density at radius 3 is 2.61 bits per heavy atom. The number of hydrogen-bond acceptors (Lipinski definition) is 4. The molecule has 0 radical (unpaired) electrons. The molecule has 0 atom stereocenters. The zero-order valence-electron chi connectivity index (χ0n) is 15.8. The van der Waals surface area contributed by atoms with Crippen molar-refractivity contribution >= 4 is 5.91 Å². The van der Waals surface area contributed by atoms with E-state index in [0.29, 0.717) is 17.1 Å². The van der Waals surface area contributed by atoms with Gasteiger partial charge in [0.1, 0.15) is 29.8 Å². The van der Waals surface area contributed by atoms with E-state index in [1.54, 1.807) is 38.2 Å². The van der Waals surface area contributed by atoms with Gasteiger partial charge in [-0.3, -0.25) is 4.79 Å². The average Bonchev–Trinajstić information content (AvgIpc) is 2.99. The van der Waals surface area contributed by atoms with E-state index in [2.05, 4.69) is 5.16 Å². The molecule has 146 valence electrons. The normalized spacial score (nSPS) is 10.8. The minimum atomic E-state index is -0.692. The Morgan fingerprint density at radius 2 is 1.93 bits per heavy atom. The van der Waals surface area contributed by atoms with Gasteiger partial charge in [-0.15, -0.1) is 0 Å². The molecule has 0 aliphatic heterocycles. The Bertz CT molecular complexity index is 982. The van der Waals surface area contributed by atoms with Crippen LogP contribution in [0.3, 0.4) is 0 Å². The fourth-order valence-corrected chi connectivity index (χ4v) is 2.81. The fraction of sp³-hybridized carbons (Fsp3) is 0.238. The fourth-order valence-electron chi connectivity index (χ4n) is 2.81. The van der Waals surface area contributed by atoms with Gasteiger partial charge in [0.25, 0.3) is 5.91 Å². The summed E-state index contributed by atoms with van der Waals surface area (Å²) in [5.41, 5.74) is 2.12. The third-order valence-corrected chi connectivity index (χ3v) is 4.44. The van der Waals surface area contributed by atoms with Crippen molar-refractivity contribution in [3.8, 4) is 5.75 Å². The van der Waals surface area contributed by atoms with Gasteiger partial charge in [-0.05, 0) is 32.0 Å². The number of amides is 1. The second kappa shape index (κ2) is 8.21. The summed E-state index contributed by atoms with van der Waals surface area (Å²) in [6, 6.07) is 10.1. The SMILES string of the molecule is Cc1noc(C)c1COc1ccccc1C(=O)N(C)Cc1ccc(F)cc1F. The second-order valence-electron chi connectivity index (χ2n) is 6.48. The number of aromatic nitrogens is 1. The summed E-state index contributed by atoms with van der Waals surface area (Å²) < 4.78 is 37.9. The molecular weight excluding hydrogens is 366 g/mol. The summed E-state index contributed by atoms with van der Waals surface area (Å²) in [4.78, 5) is 14.2. The molecule has 0 spiro atoms. The molecule has 0 N–H and O–H groups in total. The Kier molecular flexibility index (Phi) is 5.73. The van der Waals surface area contributed by atoms with Crippen LogP contribution in [0.15, 0.2) is 47.0 Å². The van der Waals surface area contributed by atoms with Crippen molar-refractivity contribution < 1.29 is 22.8 Å². The highest BCUT2D eigenvalue weighted by atomic mass is 19.1. The Labute approximate surface area is 161 Å². The topological polar surface area (TPSA) is 55.6 Å². The maximum Gasteiger partial charge on any atom is 0.257 e. The van der Waals surface area contributed by atoms with Crippen molar-refractivity contribution in [1.29, 1.82) is 0 Å². The van der Waals surface area contributed by atoms with Gasteiger partial charge in [-0.1, -0.05) is 23.4 Å². The maximum atomic E-state index is 13.9. The van der Waals surface area contributed by atoms with Crippen LogP contribution in [0.5, 0.6) is 5.75 Å². The number of nitrogens with zero attached hydrogens (tertiary/aromatic N) is 2.